The number of hydrogen-bond donors (Lipinski definition) is 0. The molecule has 1 amide bonds. The van der Waals surface area contributed by atoms with E-state index >= 15 is 0 Å². The minimum atomic E-state index is 0.0654. The normalized spacial score (nSPS) is 18.0. The second-order valence-corrected chi connectivity index (χ2v) is 7.38. The van der Waals surface area contributed by atoms with Gasteiger partial charge in [0.05, 0.1) is 5.39 Å². The minimum absolute atomic E-state index is 0.0654. The number of likely N-dealkylation sites (tertiary alicyclic amines) is 1. The lowest BCUT2D eigenvalue weighted by atomic mass is 10.1. The average molecular weight is 331 g/mol. The zero-order chi connectivity index (χ0) is 15.6. The summed E-state index contributed by atoms with van der Waals surface area (Å²) in [5.41, 5.74) is 1.35. The number of aromatic nitrogens is 2. The first-order valence-corrected chi connectivity index (χ1v) is 9.30. The smallest absolute Gasteiger partial charge is 0.260 e. The molecule has 122 valence electrons. The minimum Gasteiger partial charge on any atom is -0.467 e. The van der Waals surface area contributed by atoms with Crippen molar-refractivity contribution >= 4 is 27.5 Å². The number of aryl methyl sites for hydroxylation is 2. The molecule has 4 rings (SSSR count). The first kappa shape index (κ1) is 14.9. The maximum Gasteiger partial charge on any atom is 0.260 e. The van der Waals surface area contributed by atoms with Gasteiger partial charge in [-0.3, -0.25) is 4.79 Å². The van der Waals surface area contributed by atoms with E-state index in [9.17, 15) is 4.79 Å². The molecule has 1 fully saturated rings. The fourth-order valence-electron chi connectivity index (χ4n) is 3.54. The molecule has 6 heteroatoms. The number of fused-ring (bicyclic) bond motifs is 3. The van der Waals surface area contributed by atoms with Crippen molar-refractivity contribution in [1.82, 2.24) is 14.9 Å². The van der Waals surface area contributed by atoms with Crippen molar-refractivity contribution in [1.29, 1.82) is 0 Å². The van der Waals surface area contributed by atoms with Gasteiger partial charge < -0.3 is 9.64 Å². The summed E-state index contributed by atoms with van der Waals surface area (Å²) >= 11 is 1.76. The van der Waals surface area contributed by atoms with Gasteiger partial charge in [0.25, 0.3) is 5.91 Å². The van der Waals surface area contributed by atoms with Gasteiger partial charge in [-0.15, -0.1) is 11.3 Å². The lowest BCUT2D eigenvalue weighted by molar-refractivity contribution is -0.132. The highest BCUT2D eigenvalue weighted by atomic mass is 32.1. The molecule has 2 aliphatic rings. The number of amides is 1. The number of carbonyl (C=O) groups excluding carboxylic acids is 1. The number of rotatable bonds is 3. The van der Waals surface area contributed by atoms with Crippen LogP contribution in [0.25, 0.3) is 10.2 Å². The van der Waals surface area contributed by atoms with Crippen LogP contribution in [0.2, 0.25) is 0 Å². The highest BCUT2D eigenvalue weighted by molar-refractivity contribution is 7.18. The molecular formula is C17H21N3O2S. The Labute approximate surface area is 139 Å². The summed E-state index contributed by atoms with van der Waals surface area (Å²) in [5, 5.41) is 1.05. The maximum atomic E-state index is 12.2. The highest BCUT2D eigenvalue weighted by Gasteiger charge is 2.22. The predicted molar refractivity (Wildman–Crippen MR) is 90.0 cm³/mol. The van der Waals surface area contributed by atoms with Crippen molar-refractivity contribution in [3.05, 3.63) is 16.8 Å². The van der Waals surface area contributed by atoms with Crippen LogP contribution >= 0.6 is 11.3 Å². The predicted octanol–water partition coefficient (Wildman–Crippen LogP) is 2.96. The number of ether oxygens (including phenoxy) is 1. The Balaban J connectivity index is 1.59. The molecular weight excluding hydrogens is 310 g/mol. The molecule has 0 bridgehead atoms. The largest absolute Gasteiger partial charge is 0.467 e. The lowest BCUT2D eigenvalue weighted by Crippen LogP contribution is -2.32. The van der Waals surface area contributed by atoms with Gasteiger partial charge >= 0.3 is 0 Å². The third kappa shape index (κ3) is 2.92. The van der Waals surface area contributed by atoms with Gasteiger partial charge in [0.15, 0.2) is 6.61 Å². The van der Waals surface area contributed by atoms with Crippen LogP contribution in [-0.2, 0) is 17.6 Å². The Kier molecular flexibility index (Phi) is 4.16. The third-order valence-corrected chi connectivity index (χ3v) is 5.96. The van der Waals surface area contributed by atoms with E-state index in [0.717, 1.165) is 49.0 Å². The zero-order valence-electron chi connectivity index (χ0n) is 13.2. The fourth-order valence-corrected chi connectivity index (χ4v) is 4.75. The van der Waals surface area contributed by atoms with Crippen LogP contribution in [-0.4, -0.2) is 40.5 Å². The van der Waals surface area contributed by atoms with Crippen molar-refractivity contribution in [2.75, 3.05) is 19.7 Å². The fraction of sp³-hybridized carbons (Fsp3) is 0.588. The van der Waals surface area contributed by atoms with E-state index in [2.05, 4.69) is 9.97 Å². The summed E-state index contributed by atoms with van der Waals surface area (Å²) in [7, 11) is 0. The molecule has 1 saturated heterocycles. The summed E-state index contributed by atoms with van der Waals surface area (Å²) < 4.78 is 5.82. The Bertz CT molecular complexity index is 722. The van der Waals surface area contributed by atoms with Crippen molar-refractivity contribution < 1.29 is 9.53 Å². The molecule has 2 aromatic rings. The quantitative estimate of drug-likeness (QED) is 0.812. The number of hydrogen-bond acceptors (Lipinski definition) is 5. The summed E-state index contributed by atoms with van der Waals surface area (Å²) in [5.74, 6) is 0.650. The molecule has 0 N–H and O–H groups in total. The Hall–Kier alpha value is -1.69. The van der Waals surface area contributed by atoms with Crippen LogP contribution in [0, 0.1) is 0 Å². The summed E-state index contributed by atoms with van der Waals surface area (Å²) in [6.07, 6.45) is 9.68. The van der Waals surface area contributed by atoms with Crippen LogP contribution in [0.4, 0.5) is 0 Å². The van der Waals surface area contributed by atoms with E-state index in [0.29, 0.717) is 5.88 Å². The molecule has 0 aromatic carbocycles. The van der Waals surface area contributed by atoms with Gasteiger partial charge in [0, 0.05) is 18.0 Å². The van der Waals surface area contributed by atoms with E-state index in [1.807, 2.05) is 4.90 Å². The number of carbonyl (C=O) groups is 1. The van der Waals surface area contributed by atoms with Crippen LogP contribution in [0.15, 0.2) is 6.33 Å². The summed E-state index contributed by atoms with van der Waals surface area (Å²) in [6.45, 7) is 1.79. The van der Waals surface area contributed by atoms with Gasteiger partial charge in [-0.05, 0) is 44.1 Å². The van der Waals surface area contributed by atoms with Crippen LogP contribution in [0.1, 0.15) is 42.5 Å². The van der Waals surface area contributed by atoms with Gasteiger partial charge in [0.2, 0.25) is 5.88 Å². The summed E-state index contributed by atoms with van der Waals surface area (Å²) in [4.78, 5) is 25.2. The zero-order valence-corrected chi connectivity index (χ0v) is 14.0. The van der Waals surface area contributed by atoms with E-state index in [1.165, 1.54) is 29.7 Å². The van der Waals surface area contributed by atoms with Gasteiger partial charge in [-0.2, -0.15) is 0 Å². The monoisotopic (exact) mass is 331 g/mol. The van der Waals surface area contributed by atoms with E-state index in [1.54, 1.807) is 17.7 Å². The lowest BCUT2D eigenvalue weighted by Gasteiger charge is -2.15. The topological polar surface area (TPSA) is 55.3 Å². The molecule has 0 atom stereocenters. The summed E-state index contributed by atoms with van der Waals surface area (Å²) in [6, 6.07) is 0. The molecule has 0 saturated carbocycles. The highest BCUT2D eigenvalue weighted by Crippen LogP contribution is 2.38. The second-order valence-electron chi connectivity index (χ2n) is 6.30. The first-order chi connectivity index (χ1) is 11.3. The molecule has 3 heterocycles. The Morgan fingerprint density at radius 2 is 1.96 bits per heavy atom. The average Bonchev–Trinajstić information content (AvgIpc) is 3.16. The van der Waals surface area contributed by atoms with E-state index < -0.39 is 0 Å². The standard InChI is InChI=1S/C17H21N3O2S/c21-14(20-8-4-5-9-20)10-22-16-15-12-6-2-1-3-7-13(12)23-17(15)19-11-18-16/h11H,1-10H2. The van der Waals surface area contributed by atoms with Crippen molar-refractivity contribution in [3.8, 4) is 5.88 Å². The number of thiophene rings is 1. The van der Waals surface area contributed by atoms with Crippen molar-refractivity contribution in [3.63, 3.8) is 0 Å². The van der Waals surface area contributed by atoms with E-state index in [4.69, 9.17) is 4.74 Å². The van der Waals surface area contributed by atoms with Gasteiger partial charge in [-0.1, -0.05) is 6.42 Å². The molecule has 2 aromatic heterocycles. The maximum absolute atomic E-state index is 12.2. The molecule has 1 aliphatic heterocycles. The molecule has 0 unspecified atom stereocenters. The molecule has 0 spiro atoms. The number of nitrogens with zero attached hydrogens (tertiary/aromatic N) is 3. The molecule has 1 aliphatic carbocycles. The SMILES string of the molecule is O=C(COc1ncnc2sc3c(c12)CCCCC3)N1CCCC1. The third-order valence-electron chi connectivity index (χ3n) is 4.76. The van der Waals surface area contributed by atoms with Gasteiger partial charge in [-0.25, -0.2) is 9.97 Å². The molecule has 23 heavy (non-hydrogen) atoms. The Morgan fingerprint density at radius 1 is 1.13 bits per heavy atom. The van der Waals surface area contributed by atoms with E-state index in [-0.39, 0.29) is 12.5 Å². The van der Waals surface area contributed by atoms with Crippen LogP contribution in [0.3, 0.4) is 0 Å². The van der Waals surface area contributed by atoms with Crippen LogP contribution < -0.4 is 4.74 Å². The molecule has 0 radical (unpaired) electrons. The first-order valence-electron chi connectivity index (χ1n) is 8.49. The second kappa shape index (κ2) is 6.43. The molecule has 5 nitrogen and oxygen atoms in total. The van der Waals surface area contributed by atoms with Crippen molar-refractivity contribution in [2.24, 2.45) is 0 Å². The van der Waals surface area contributed by atoms with Crippen molar-refractivity contribution in [2.45, 2.75) is 44.9 Å². The Morgan fingerprint density at radius 3 is 2.83 bits per heavy atom. The van der Waals surface area contributed by atoms with Crippen LogP contribution in [0.5, 0.6) is 5.88 Å². The van der Waals surface area contributed by atoms with Gasteiger partial charge in [0.1, 0.15) is 11.2 Å².